The summed E-state index contributed by atoms with van der Waals surface area (Å²) in [4.78, 5) is 26.6. The number of carbonyl (C=O) groups excluding carboxylic acids is 2. The maximum Gasteiger partial charge on any atom is 0.224 e. The van der Waals surface area contributed by atoms with Gasteiger partial charge in [-0.3, -0.25) is 9.59 Å². The fourth-order valence-corrected chi connectivity index (χ4v) is 3.49. The number of hydrogen-bond donors (Lipinski definition) is 1. The van der Waals surface area contributed by atoms with E-state index in [1.54, 1.807) is 16.7 Å². The molecule has 1 N–H and O–H groups in total. The van der Waals surface area contributed by atoms with Crippen LogP contribution in [0.2, 0.25) is 0 Å². The van der Waals surface area contributed by atoms with E-state index in [4.69, 9.17) is 0 Å². The summed E-state index contributed by atoms with van der Waals surface area (Å²) in [6.45, 7) is 7.52. The largest absolute Gasteiger partial charge is 0.351 e. The minimum Gasteiger partial charge on any atom is -0.351 e. The lowest BCUT2D eigenvalue weighted by molar-refractivity contribution is -0.127. The van der Waals surface area contributed by atoms with Crippen LogP contribution in [0.1, 0.15) is 30.9 Å². The zero-order valence-electron chi connectivity index (χ0n) is 13.5. The number of likely N-dealkylation sites (tertiary alicyclic amines) is 1. The van der Waals surface area contributed by atoms with Gasteiger partial charge in [-0.1, -0.05) is 6.07 Å². The predicted molar refractivity (Wildman–Crippen MR) is 90.1 cm³/mol. The summed E-state index contributed by atoms with van der Waals surface area (Å²) >= 11 is 1.70. The summed E-state index contributed by atoms with van der Waals surface area (Å²) in [5, 5.41) is 2.97. The second kappa shape index (κ2) is 7.68. The van der Waals surface area contributed by atoms with Crippen molar-refractivity contribution in [3.63, 3.8) is 0 Å². The van der Waals surface area contributed by atoms with Crippen molar-refractivity contribution in [3.05, 3.63) is 29.3 Å². The van der Waals surface area contributed by atoms with Crippen molar-refractivity contribution >= 4 is 23.6 Å². The molecule has 2 rings (SSSR count). The van der Waals surface area contributed by atoms with E-state index in [1.807, 2.05) is 6.92 Å². The fourth-order valence-electron chi connectivity index (χ4n) is 2.54. The molecule has 120 valence electrons. The van der Waals surface area contributed by atoms with Gasteiger partial charge >= 0.3 is 0 Å². The van der Waals surface area contributed by atoms with Crippen LogP contribution in [0.4, 0.5) is 0 Å². The molecule has 1 saturated heterocycles. The number of carbonyl (C=O) groups is 2. The molecule has 2 amide bonds. The molecule has 1 aliphatic heterocycles. The van der Waals surface area contributed by atoms with E-state index in [2.05, 4.69) is 37.4 Å². The minimum atomic E-state index is -0.0217. The van der Waals surface area contributed by atoms with Crippen LogP contribution in [-0.4, -0.2) is 41.6 Å². The highest BCUT2D eigenvalue weighted by atomic mass is 32.2. The van der Waals surface area contributed by atoms with E-state index in [9.17, 15) is 9.59 Å². The van der Waals surface area contributed by atoms with E-state index in [-0.39, 0.29) is 17.9 Å². The molecule has 0 aliphatic carbocycles. The van der Waals surface area contributed by atoms with Gasteiger partial charge in [0, 0.05) is 36.6 Å². The molecule has 0 saturated carbocycles. The molecule has 1 atom stereocenters. The zero-order chi connectivity index (χ0) is 16.1. The van der Waals surface area contributed by atoms with Gasteiger partial charge in [0.2, 0.25) is 11.8 Å². The van der Waals surface area contributed by atoms with Crippen LogP contribution in [0.5, 0.6) is 0 Å². The smallest absolute Gasteiger partial charge is 0.224 e. The summed E-state index contributed by atoms with van der Waals surface area (Å²) in [6, 6.07) is 6.35. The molecule has 0 aromatic heterocycles. The first kappa shape index (κ1) is 16.9. The Labute approximate surface area is 136 Å². The standard InChI is InChI=1S/C17H24N2O2S/c1-4-19-11-14(10-17(19)21)18-16(20)7-8-22-15-6-5-12(2)13(3)9-15/h5-6,9,14H,4,7-8,10-11H2,1-3H3,(H,18,20). The van der Waals surface area contributed by atoms with Crippen LogP contribution in [0.3, 0.4) is 0 Å². The minimum absolute atomic E-state index is 0.0217. The number of amides is 2. The van der Waals surface area contributed by atoms with Gasteiger partial charge in [-0.15, -0.1) is 11.8 Å². The predicted octanol–water partition coefficient (Wildman–Crippen LogP) is 2.52. The lowest BCUT2D eigenvalue weighted by atomic mass is 10.1. The lowest BCUT2D eigenvalue weighted by Gasteiger charge is -2.14. The Morgan fingerprint density at radius 3 is 2.77 bits per heavy atom. The summed E-state index contributed by atoms with van der Waals surface area (Å²) in [6.07, 6.45) is 0.915. The topological polar surface area (TPSA) is 49.4 Å². The maximum atomic E-state index is 12.0. The summed E-state index contributed by atoms with van der Waals surface area (Å²) in [7, 11) is 0. The van der Waals surface area contributed by atoms with Gasteiger partial charge < -0.3 is 10.2 Å². The normalized spacial score (nSPS) is 17.9. The zero-order valence-corrected chi connectivity index (χ0v) is 14.3. The Balaban J connectivity index is 1.72. The Bertz CT molecular complexity index is 560. The third-order valence-electron chi connectivity index (χ3n) is 4.04. The van der Waals surface area contributed by atoms with E-state index < -0.39 is 0 Å². The lowest BCUT2D eigenvalue weighted by Crippen LogP contribution is -2.37. The van der Waals surface area contributed by atoms with E-state index in [1.165, 1.54) is 16.0 Å². The van der Waals surface area contributed by atoms with Crippen LogP contribution in [0.25, 0.3) is 0 Å². The van der Waals surface area contributed by atoms with Crippen molar-refractivity contribution in [2.24, 2.45) is 0 Å². The van der Waals surface area contributed by atoms with Crippen molar-refractivity contribution < 1.29 is 9.59 Å². The first-order chi connectivity index (χ1) is 10.5. The summed E-state index contributed by atoms with van der Waals surface area (Å²) in [5.41, 5.74) is 2.56. The SMILES string of the molecule is CCN1CC(NC(=O)CCSc2ccc(C)c(C)c2)CC1=O. The molecule has 1 aromatic rings. The van der Waals surface area contributed by atoms with Gasteiger partial charge in [0.05, 0.1) is 6.04 Å². The van der Waals surface area contributed by atoms with Crippen LogP contribution >= 0.6 is 11.8 Å². The van der Waals surface area contributed by atoms with E-state index >= 15 is 0 Å². The highest BCUT2D eigenvalue weighted by molar-refractivity contribution is 7.99. The molecule has 1 unspecified atom stereocenters. The van der Waals surface area contributed by atoms with Gasteiger partial charge in [-0.2, -0.15) is 0 Å². The van der Waals surface area contributed by atoms with Crippen LogP contribution < -0.4 is 5.32 Å². The number of benzene rings is 1. The van der Waals surface area contributed by atoms with E-state index in [0.29, 0.717) is 25.9 Å². The number of rotatable bonds is 6. The Morgan fingerprint density at radius 1 is 1.36 bits per heavy atom. The third-order valence-corrected chi connectivity index (χ3v) is 5.03. The molecule has 0 radical (unpaired) electrons. The van der Waals surface area contributed by atoms with Crippen LogP contribution in [0.15, 0.2) is 23.1 Å². The first-order valence-electron chi connectivity index (χ1n) is 7.76. The van der Waals surface area contributed by atoms with Crippen LogP contribution in [0, 0.1) is 13.8 Å². The fraction of sp³-hybridized carbons (Fsp3) is 0.529. The van der Waals surface area contributed by atoms with Gasteiger partial charge in [-0.25, -0.2) is 0 Å². The number of aryl methyl sites for hydroxylation is 2. The van der Waals surface area contributed by atoms with Crippen molar-refractivity contribution in [2.45, 2.75) is 44.6 Å². The Kier molecular flexibility index (Phi) is 5.89. The van der Waals surface area contributed by atoms with Gasteiger partial charge in [-0.05, 0) is 44.0 Å². The summed E-state index contributed by atoms with van der Waals surface area (Å²) in [5.74, 6) is 0.927. The van der Waals surface area contributed by atoms with Crippen molar-refractivity contribution in [2.75, 3.05) is 18.8 Å². The van der Waals surface area contributed by atoms with E-state index in [0.717, 1.165) is 5.75 Å². The molecule has 0 spiro atoms. The number of nitrogens with one attached hydrogen (secondary N) is 1. The number of nitrogens with zero attached hydrogens (tertiary/aromatic N) is 1. The van der Waals surface area contributed by atoms with Crippen molar-refractivity contribution in [3.8, 4) is 0 Å². The molecule has 1 aliphatic rings. The second-order valence-corrected chi connectivity index (χ2v) is 6.91. The van der Waals surface area contributed by atoms with Gasteiger partial charge in [0.1, 0.15) is 0 Å². The van der Waals surface area contributed by atoms with Gasteiger partial charge in [0.15, 0.2) is 0 Å². The number of thioether (sulfide) groups is 1. The van der Waals surface area contributed by atoms with Gasteiger partial charge in [0.25, 0.3) is 0 Å². The molecule has 1 aromatic carbocycles. The van der Waals surface area contributed by atoms with Crippen molar-refractivity contribution in [1.82, 2.24) is 10.2 Å². The Morgan fingerprint density at radius 2 is 2.14 bits per heavy atom. The molecule has 22 heavy (non-hydrogen) atoms. The quantitative estimate of drug-likeness (QED) is 0.820. The molecule has 1 fully saturated rings. The molecule has 0 bridgehead atoms. The molecule has 1 heterocycles. The highest BCUT2D eigenvalue weighted by Gasteiger charge is 2.29. The third kappa shape index (κ3) is 4.50. The molecular formula is C17H24N2O2S. The number of likely N-dealkylation sites (N-methyl/N-ethyl adjacent to an activating group) is 1. The summed E-state index contributed by atoms with van der Waals surface area (Å²) < 4.78 is 0. The molecule has 5 heteroatoms. The van der Waals surface area contributed by atoms with Crippen molar-refractivity contribution in [1.29, 1.82) is 0 Å². The number of hydrogen-bond acceptors (Lipinski definition) is 3. The molecule has 4 nitrogen and oxygen atoms in total. The first-order valence-corrected chi connectivity index (χ1v) is 8.75. The Hall–Kier alpha value is -1.49. The molecular weight excluding hydrogens is 296 g/mol. The maximum absolute atomic E-state index is 12.0. The average molecular weight is 320 g/mol. The van der Waals surface area contributed by atoms with Crippen LogP contribution in [-0.2, 0) is 9.59 Å². The highest BCUT2D eigenvalue weighted by Crippen LogP contribution is 2.21. The second-order valence-electron chi connectivity index (χ2n) is 5.75. The average Bonchev–Trinajstić information content (AvgIpc) is 2.82. The monoisotopic (exact) mass is 320 g/mol.